The molecule has 0 radical (unpaired) electrons. The van der Waals surface area contributed by atoms with Crippen LogP contribution in [0.4, 0.5) is 11.9 Å². The molecule has 5 nitrogen and oxygen atoms in total. The molecule has 1 aromatic heterocycles. The zero-order chi connectivity index (χ0) is 13.8. The molecule has 0 unspecified atom stereocenters. The number of nitrogens with zero attached hydrogens (tertiary/aromatic N) is 3. The van der Waals surface area contributed by atoms with Gasteiger partial charge in [-0.15, -0.1) is 5.10 Å². The Morgan fingerprint density at radius 2 is 2.05 bits per heavy atom. The van der Waals surface area contributed by atoms with E-state index < -0.39 is 0 Å². The third-order valence-electron chi connectivity index (χ3n) is 2.95. The van der Waals surface area contributed by atoms with Crippen LogP contribution in [-0.2, 0) is 6.54 Å². The van der Waals surface area contributed by atoms with Crippen LogP contribution in [0.3, 0.4) is 0 Å². The van der Waals surface area contributed by atoms with Crippen molar-refractivity contribution >= 4 is 11.9 Å². The average Bonchev–Trinajstić information content (AvgIpc) is 2.71. The lowest BCUT2D eigenvalue weighted by Crippen LogP contribution is -2.10. The van der Waals surface area contributed by atoms with Crippen molar-refractivity contribution in [3.05, 3.63) is 35.4 Å². The van der Waals surface area contributed by atoms with Crippen molar-refractivity contribution in [2.45, 2.75) is 27.3 Å². The van der Waals surface area contributed by atoms with Crippen LogP contribution in [0.25, 0.3) is 0 Å². The largest absolute Gasteiger partial charge is 0.368 e. The number of hydrogen-bond donors (Lipinski definition) is 2. The molecular weight excluding hydrogens is 238 g/mol. The number of aromatic nitrogens is 3. The monoisotopic (exact) mass is 259 g/mol. The molecule has 0 saturated heterocycles. The van der Waals surface area contributed by atoms with Crippen molar-refractivity contribution < 1.29 is 0 Å². The third-order valence-corrected chi connectivity index (χ3v) is 2.95. The summed E-state index contributed by atoms with van der Waals surface area (Å²) in [4.78, 5) is 4.23. The molecular formula is C14H21N5. The molecule has 1 heterocycles. The molecule has 2 rings (SSSR count). The van der Waals surface area contributed by atoms with Crippen LogP contribution in [0.15, 0.2) is 24.3 Å². The van der Waals surface area contributed by atoms with Crippen molar-refractivity contribution in [3.63, 3.8) is 0 Å². The van der Waals surface area contributed by atoms with Gasteiger partial charge in [0.15, 0.2) is 0 Å². The minimum atomic E-state index is 0.439. The molecule has 1 aromatic carbocycles. The molecule has 19 heavy (non-hydrogen) atoms. The number of rotatable bonds is 5. The van der Waals surface area contributed by atoms with Crippen LogP contribution in [0.1, 0.15) is 25.0 Å². The van der Waals surface area contributed by atoms with E-state index in [-0.39, 0.29) is 0 Å². The Labute approximate surface area is 113 Å². The summed E-state index contributed by atoms with van der Waals surface area (Å²) in [6, 6.07) is 8.21. The molecule has 0 aliphatic carbocycles. The number of nitrogen functional groups attached to an aromatic ring is 1. The number of benzene rings is 1. The maximum atomic E-state index is 5.90. The van der Waals surface area contributed by atoms with Gasteiger partial charge in [0, 0.05) is 6.54 Å². The van der Waals surface area contributed by atoms with Crippen molar-refractivity contribution in [1.82, 2.24) is 14.8 Å². The molecule has 102 valence electrons. The second-order valence-corrected chi connectivity index (χ2v) is 5.15. The predicted molar refractivity (Wildman–Crippen MR) is 78.0 cm³/mol. The van der Waals surface area contributed by atoms with E-state index >= 15 is 0 Å². The summed E-state index contributed by atoms with van der Waals surface area (Å²) in [7, 11) is 0. The van der Waals surface area contributed by atoms with Crippen molar-refractivity contribution in [3.8, 4) is 0 Å². The van der Waals surface area contributed by atoms with Gasteiger partial charge in [-0.3, -0.25) is 0 Å². The highest BCUT2D eigenvalue weighted by molar-refractivity contribution is 5.33. The van der Waals surface area contributed by atoms with Crippen molar-refractivity contribution in [1.29, 1.82) is 0 Å². The van der Waals surface area contributed by atoms with Gasteiger partial charge in [0.05, 0.1) is 6.54 Å². The lowest BCUT2D eigenvalue weighted by molar-refractivity contribution is 0.672. The molecule has 0 saturated carbocycles. The first-order valence-electron chi connectivity index (χ1n) is 6.55. The summed E-state index contributed by atoms with van der Waals surface area (Å²) in [6.45, 7) is 7.85. The fourth-order valence-electron chi connectivity index (χ4n) is 1.79. The standard InChI is InChI=1S/C14H21N5/c1-10(2)8-16-14-17-13(15)19(18-14)9-12-7-5-4-6-11(12)3/h4-7,10H,8-9H2,1-3H3,(H3,15,16,17,18). The summed E-state index contributed by atoms with van der Waals surface area (Å²) in [5.41, 5.74) is 8.33. The summed E-state index contributed by atoms with van der Waals surface area (Å²) in [5, 5.41) is 7.57. The van der Waals surface area contributed by atoms with Crippen LogP contribution < -0.4 is 11.1 Å². The minimum absolute atomic E-state index is 0.439. The van der Waals surface area contributed by atoms with Crippen LogP contribution in [0.5, 0.6) is 0 Å². The number of nitrogens with one attached hydrogen (secondary N) is 1. The Balaban J connectivity index is 2.11. The Bertz CT molecular complexity index is 545. The topological polar surface area (TPSA) is 68.8 Å². The van der Waals surface area contributed by atoms with Crippen LogP contribution in [-0.4, -0.2) is 21.3 Å². The zero-order valence-electron chi connectivity index (χ0n) is 11.7. The lowest BCUT2D eigenvalue weighted by Gasteiger charge is -2.06. The van der Waals surface area contributed by atoms with Gasteiger partial charge in [0.1, 0.15) is 0 Å². The average molecular weight is 259 g/mol. The lowest BCUT2D eigenvalue weighted by atomic mass is 10.1. The van der Waals surface area contributed by atoms with Gasteiger partial charge >= 0.3 is 0 Å². The Hall–Kier alpha value is -2.04. The van der Waals surface area contributed by atoms with E-state index in [4.69, 9.17) is 5.73 Å². The van der Waals surface area contributed by atoms with Gasteiger partial charge in [-0.1, -0.05) is 38.1 Å². The molecule has 0 aliphatic heterocycles. The van der Waals surface area contributed by atoms with E-state index in [2.05, 4.69) is 48.3 Å². The molecule has 0 bridgehead atoms. The van der Waals surface area contributed by atoms with E-state index in [1.54, 1.807) is 4.68 Å². The predicted octanol–water partition coefficient (Wildman–Crippen LogP) is 2.28. The summed E-state index contributed by atoms with van der Waals surface area (Å²) in [5.74, 6) is 1.58. The second-order valence-electron chi connectivity index (χ2n) is 5.15. The summed E-state index contributed by atoms with van der Waals surface area (Å²) < 4.78 is 1.73. The maximum Gasteiger partial charge on any atom is 0.243 e. The first kappa shape index (κ1) is 13.4. The maximum absolute atomic E-state index is 5.90. The summed E-state index contributed by atoms with van der Waals surface area (Å²) in [6.07, 6.45) is 0. The zero-order valence-corrected chi connectivity index (χ0v) is 11.7. The second kappa shape index (κ2) is 5.73. The SMILES string of the molecule is Cc1ccccc1Cn1nc(NCC(C)C)nc1N. The van der Waals surface area contributed by atoms with Gasteiger partial charge in [0.25, 0.3) is 0 Å². The van der Waals surface area contributed by atoms with Gasteiger partial charge < -0.3 is 11.1 Å². The Morgan fingerprint density at radius 1 is 1.32 bits per heavy atom. The van der Waals surface area contributed by atoms with Crippen LogP contribution >= 0.6 is 0 Å². The normalized spacial score (nSPS) is 10.9. The summed E-state index contributed by atoms with van der Waals surface area (Å²) >= 11 is 0. The van der Waals surface area contributed by atoms with Gasteiger partial charge in [0.2, 0.25) is 11.9 Å². The highest BCUT2D eigenvalue weighted by Crippen LogP contribution is 2.12. The molecule has 0 aliphatic rings. The van der Waals surface area contributed by atoms with Crippen molar-refractivity contribution in [2.75, 3.05) is 17.6 Å². The van der Waals surface area contributed by atoms with Gasteiger partial charge in [-0.05, 0) is 24.0 Å². The van der Waals surface area contributed by atoms with Gasteiger partial charge in [-0.25, -0.2) is 4.68 Å². The fraction of sp³-hybridized carbons (Fsp3) is 0.429. The molecule has 0 spiro atoms. The number of nitrogens with two attached hydrogens (primary N) is 1. The Morgan fingerprint density at radius 3 is 2.74 bits per heavy atom. The first-order valence-corrected chi connectivity index (χ1v) is 6.55. The fourth-order valence-corrected chi connectivity index (χ4v) is 1.79. The number of aryl methyl sites for hydroxylation is 1. The molecule has 0 fully saturated rings. The molecule has 2 aromatic rings. The smallest absolute Gasteiger partial charge is 0.243 e. The van der Waals surface area contributed by atoms with Crippen LogP contribution in [0, 0.1) is 12.8 Å². The van der Waals surface area contributed by atoms with E-state index in [1.165, 1.54) is 11.1 Å². The van der Waals surface area contributed by atoms with E-state index in [9.17, 15) is 0 Å². The molecule has 0 atom stereocenters. The van der Waals surface area contributed by atoms with E-state index in [0.717, 1.165) is 6.54 Å². The van der Waals surface area contributed by atoms with Crippen LogP contribution in [0.2, 0.25) is 0 Å². The molecule has 5 heteroatoms. The molecule has 3 N–H and O–H groups in total. The van der Waals surface area contributed by atoms with Crippen molar-refractivity contribution in [2.24, 2.45) is 5.92 Å². The third kappa shape index (κ3) is 3.47. The highest BCUT2D eigenvalue weighted by Gasteiger charge is 2.08. The highest BCUT2D eigenvalue weighted by atomic mass is 15.4. The minimum Gasteiger partial charge on any atom is -0.368 e. The van der Waals surface area contributed by atoms with E-state index in [0.29, 0.717) is 24.4 Å². The quantitative estimate of drug-likeness (QED) is 0.864. The Kier molecular flexibility index (Phi) is 4.04. The van der Waals surface area contributed by atoms with Gasteiger partial charge in [-0.2, -0.15) is 4.98 Å². The number of anilines is 2. The first-order chi connectivity index (χ1) is 9.06. The van der Waals surface area contributed by atoms with E-state index in [1.807, 2.05) is 12.1 Å². The number of hydrogen-bond acceptors (Lipinski definition) is 4. The molecule has 0 amide bonds.